The van der Waals surface area contributed by atoms with Crippen LogP contribution in [-0.4, -0.2) is 34.2 Å². The molecule has 28 heavy (non-hydrogen) atoms. The van der Waals surface area contributed by atoms with Gasteiger partial charge in [0.15, 0.2) is 11.5 Å². The third-order valence-electron chi connectivity index (χ3n) is 4.42. The number of aliphatic hydroxyl groups is 1. The Morgan fingerprint density at radius 3 is 2.50 bits per heavy atom. The molecule has 1 amide bonds. The van der Waals surface area contributed by atoms with Gasteiger partial charge in [0.25, 0.3) is 5.91 Å². The summed E-state index contributed by atoms with van der Waals surface area (Å²) in [5.41, 5.74) is 3.25. The topological polar surface area (TPSA) is 75.8 Å². The fraction of sp³-hybridized carbons (Fsp3) is 0.273. The Balaban J connectivity index is 1.68. The molecule has 1 N–H and O–H groups in total. The Bertz CT molecular complexity index is 901. The third kappa shape index (κ3) is 4.78. The van der Waals surface area contributed by atoms with Crippen molar-refractivity contribution in [3.63, 3.8) is 0 Å². The normalized spacial score (nSPS) is 10.7. The molecule has 0 unspecified atom stereocenters. The number of hydrogen-bond donors (Lipinski definition) is 1. The lowest BCUT2D eigenvalue weighted by molar-refractivity contribution is 0.0697. The van der Waals surface area contributed by atoms with Gasteiger partial charge in [-0.1, -0.05) is 53.7 Å². The van der Waals surface area contributed by atoms with Gasteiger partial charge in [0.2, 0.25) is 0 Å². The average molecular weight is 380 g/mol. The van der Waals surface area contributed by atoms with Gasteiger partial charge in [0.05, 0.1) is 6.61 Å². The van der Waals surface area contributed by atoms with E-state index < -0.39 is 0 Å². The zero-order valence-electron chi connectivity index (χ0n) is 16.1. The van der Waals surface area contributed by atoms with E-state index >= 15 is 0 Å². The molecule has 6 heteroatoms. The van der Waals surface area contributed by atoms with E-state index in [-0.39, 0.29) is 31.4 Å². The van der Waals surface area contributed by atoms with Crippen LogP contribution < -0.4 is 4.74 Å². The summed E-state index contributed by atoms with van der Waals surface area (Å²) in [4.78, 5) is 14.3. The second kappa shape index (κ2) is 9.19. The quantitative estimate of drug-likeness (QED) is 0.647. The number of hydrogen-bond acceptors (Lipinski definition) is 5. The number of amides is 1. The zero-order chi connectivity index (χ0) is 19.9. The fourth-order valence-electron chi connectivity index (χ4n) is 2.99. The van der Waals surface area contributed by atoms with Gasteiger partial charge in [-0.15, -0.1) is 0 Å². The maximum absolute atomic E-state index is 12.8. The van der Waals surface area contributed by atoms with E-state index in [1.165, 1.54) is 0 Å². The van der Waals surface area contributed by atoms with Gasteiger partial charge in [-0.05, 0) is 30.5 Å². The number of aliphatic hydroxyl groups excluding tert-OH is 1. The van der Waals surface area contributed by atoms with Crippen molar-refractivity contribution in [1.29, 1.82) is 0 Å². The molecule has 0 aliphatic carbocycles. The molecule has 146 valence electrons. The van der Waals surface area contributed by atoms with Crippen LogP contribution in [0.5, 0.6) is 5.75 Å². The number of rotatable bonds is 8. The molecular formula is C22H24N2O4. The van der Waals surface area contributed by atoms with Crippen molar-refractivity contribution in [2.75, 3.05) is 13.2 Å². The lowest BCUT2D eigenvalue weighted by atomic mass is 10.1. The van der Waals surface area contributed by atoms with Crippen molar-refractivity contribution in [3.8, 4) is 5.75 Å². The minimum Gasteiger partial charge on any atom is -0.485 e. The lowest BCUT2D eigenvalue weighted by Crippen LogP contribution is -2.33. The summed E-state index contributed by atoms with van der Waals surface area (Å²) in [5, 5.41) is 13.2. The number of carbonyl (C=O) groups excluding carboxylic acids is 1. The summed E-state index contributed by atoms with van der Waals surface area (Å²) in [6.07, 6.45) is 0. The second-order valence-electron chi connectivity index (χ2n) is 6.62. The highest BCUT2D eigenvalue weighted by Crippen LogP contribution is 2.23. The van der Waals surface area contributed by atoms with E-state index in [0.29, 0.717) is 12.3 Å². The summed E-state index contributed by atoms with van der Waals surface area (Å²) in [7, 11) is 0. The van der Waals surface area contributed by atoms with Crippen LogP contribution >= 0.6 is 0 Å². The summed E-state index contributed by atoms with van der Waals surface area (Å²) in [6, 6.07) is 17.1. The molecule has 0 saturated heterocycles. The molecule has 6 nitrogen and oxygen atoms in total. The summed E-state index contributed by atoms with van der Waals surface area (Å²) < 4.78 is 11.1. The van der Waals surface area contributed by atoms with Crippen molar-refractivity contribution in [1.82, 2.24) is 10.1 Å². The van der Waals surface area contributed by atoms with Gasteiger partial charge in [0, 0.05) is 19.2 Å². The Morgan fingerprint density at radius 2 is 1.82 bits per heavy atom. The number of para-hydroxylation sites is 1. The van der Waals surface area contributed by atoms with Gasteiger partial charge in [0.1, 0.15) is 12.4 Å². The number of nitrogens with zero attached hydrogens (tertiary/aromatic N) is 2. The molecule has 1 heterocycles. The fourth-order valence-corrected chi connectivity index (χ4v) is 2.99. The van der Waals surface area contributed by atoms with Gasteiger partial charge < -0.3 is 19.3 Å². The predicted octanol–water partition coefficient (Wildman–Crippen LogP) is 3.51. The van der Waals surface area contributed by atoms with E-state index in [2.05, 4.69) is 5.16 Å². The van der Waals surface area contributed by atoms with Gasteiger partial charge in [-0.3, -0.25) is 4.79 Å². The van der Waals surface area contributed by atoms with E-state index in [4.69, 9.17) is 9.26 Å². The Morgan fingerprint density at radius 1 is 1.11 bits per heavy atom. The van der Waals surface area contributed by atoms with Crippen LogP contribution in [0.4, 0.5) is 0 Å². The van der Waals surface area contributed by atoms with Crippen molar-refractivity contribution in [3.05, 3.63) is 82.7 Å². The van der Waals surface area contributed by atoms with Crippen LogP contribution in [0.3, 0.4) is 0 Å². The molecule has 3 aromatic rings. The third-order valence-corrected chi connectivity index (χ3v) is 4.42. The first kappa shape index (κ1) is 19.6. The Labute approximate surface area is 164 Å². The van der Waals surface area contributed by atoms with Crippen LogP contribution in [0, 0.1) is 13.8 Å². The molecule has 0 spiro atoms. The highest BCUT2D eigenvalue weighted by molar-refractivity contribution is 5.92. The number of benzene rings is 2. The standard InChI is InChI=1S/C22H24N2O4/c1-16-7-6-8-17(2)21(16)27-15-19-13-20(23-28-19)22(26)24(11-12-25)14-18-9-4-3-5-10-18/h3-10,13,25H,11-12,14-15H2,1-2H3. The first-order valence-corrected chi connectivity index (χ1v) is 9.17. The van der Waals surface area contributed by atoms with Crippen LogP contribution in [0.25, 0.3) is 0 Å². The summed E-state index contributed by atoms with van der Waals surface area (Å²) in [5.74, 6) is 0.979. The van der Waals surface area contributed by atoms with Crippen molar-refractivity contribution >= 4 is 5.91 Å². The van der Waals surface area contributed by atoms with E-state index in [9.17, 15) is 9.90 Å². The molecule has 2 aromatic carbocycles. The van der Waals surface area contributed by atoms with E-state index in [0.717, 1.165) is 22.4 Å². The molecule has 3 rings (SSSR count). The second-order valence-corrected chi connectivity index (χ2v) is 6.62. The van der Waals surface area contributed by atoms with Crippen LogP contribution in [0.1, 0.15) is 32.9 Å². The first-order chi connectivity index (χ1) is 13.6. The largest absolute Gasteiger partial charge is 0.485 e. The number of aromatic nitrogens is 1. The first-order valence-electron chi connectivity index (χ1n) is 9.17. The smallest absolute Gasteiger partial charge is 0.276 e. The average Bonchev–Trinajstić information content (AvgIpc) is 3.16. The Hall–Kier alpha value is -3.12. The van der Waals surface area contributed by atoms with Crippen LogP contribution in [0.2, 0.25) is 0 Å². The van der Waals surface area contributed by atoms with E-state index in [1.807, 2.05) is 62.4 Å². The maximum atomic E-state index is 12.8. The number of aryl methyl sites for hydroxylation is 2. The minimum atomic E-state index is -0.292. The van der Waals surface area contributed by atoms with Gasteiger partial charge in [-0.2, -0.15) is 0 Å². The lowest BCUT2D eigenvalue weighted by Gasteiger charge is -2.20. The molecule has 0 aliphatic heterocycles. The van der Waals surface area contributed by atoms with E-state index in [1.54, 1.807) is 11.0 Å². The molecule has 1 aromatic heterocycles. The molecule has 0 saturated carbocycles. The van der Waals surface area contributed by atoms with Crippen LogP contribution in [0.15, 0.2) is 59.1 Å². The van der Waals surface area contributed by atoms with Crippen molar-refractivity contribution < 1.29 is 19.2 Å². The van der Waals surface area contributed by atoms with Crippen LogP contribution in [-0.2, 0) is 13.2 Å². The Kier molecular flexibility index (Phi) is 6.45. The highest BCUT2D eigenvalue weighted by Gasteiger charge is 2.20. The highest BCUT2D eigenvalue weighted by atomic mass is 16.5. The SMILES string of the molecule is Cc1cccc(C)c1OCc1cc(C(=O)N(CCO)Cc2ccccc2)no1. The van der Waals surface area contributed by atoms with Gasteiger partial charge in [-0.25, -0.2) is 0 Å². The maximum Gasteiger partial charge on any atom is 0.276 e. The summed E-state index contributed by atoms with van der Waals surface area (Å²) >= 11 is 0. The molecule has 0 aliphatic rings. The van der Waals surface area contributed by atoms with Crippen molar-refractivity contribution in [2.45, 2.75) is 27.0 Å². The molecule has 0 atom stereocenters. The molecule has 0 fully saturated rings. The number of carbonyl (C=O) groups is 1. The zero-order valence-corrected chi connectivity index (χ0v) is 16.1. The summed E-state index contributed by atoms with van der Waals surface area (Å²) in [6.45, 7) is 4.63. The monoisotopic (exact) mass is 380 g/mol. The van der Waals surface area contributed by atoms with Gasteiger partial charge >= 0.3 is 0 Å². The molecular weight excluding hydrogens is 356 g/mol. The molecule has 0 radical (unpaired) electrons. The minimum absolute atomic E-state index is 0.126. The number of ether oxygens (including phenoxy) is 1. The molecule has 0 bridgehead atoms. The predicted molar refractivity (Wildman–Crippen MR) is 105 cm³/mol. The van der Waals surface area contributed by atoms with Crippen molar-refractivity contribution in [2.24, 2.45) is 0 Å².